The van der Waals surface area contributed by atoms with Gasteiger partial charge in [0.25, 0.3) is 12.4 Å². The van der Waals surface area contributed by atoms with Crippen LogP contribution in [0.2, 0.25) is 5.02 Å². The fraction of sp³-hybridized carbons (Fsp3) is 0.421. The molecule has 4 amide bonds. The third-order valence-corrected chi connectivity index (χ3v) is 14.6. The highest BCUT2D eigenvalue weighted by Crippen LogP contribution is 2.42. The minimum absolute atomic E-state index is 0.0479. The molecule has 19 heteroatoms. The number of nitrogens with zero attached hydrogens (tertiary/aromatic N) is 7. The van der Waals surface area contributed by atoms with Gasteiger partial charge in [-0.05, 0) is 121 Å². The minimum Gasteiger partial charge on any atom is -0.493 e. The molecule has 16 nitrogen and oxygen atoms in total. The van der Waals surface area contributed by atoms with E-state index in [1.54, 1.807) is 19.1 Å². The Hall–Kier alpha value is -6.63. The van der Waals surface area contributed by atoms with Crippen LogP contribution in [0.15, 0.2) is 65.1 Å². The molecular weight excluding hydrogens is 1060 g/mol. The fourth-order valence-electron chi connectivity index (χ4n) is 9.95. The second-order valence-electron chi connectivity index (χ2n) is 19.9. The number of aromatic nitrogens is 5. The molecular formula is C57H68BrClFN9O7. The Morgan fingerprint density at radius 1 is 0.934 bits per heavy atom. The molecule has 404 valence electrons. The van der Waals surface area contributed by atoms with Crippen molar-refractivity contribution in [3.05, 3.63) is 110 Å². The molecule has 2 aliphatic heterocycles. The summed E-state index contributed by atoms with van der Waals surface area (Å²) >= 11 is 10.7. The van der Waals surface area contributed by atoms with Gasteiger partial charge in [0.1, 0.15) is 41.1 Å². The summed E-state index contributed by atoms with van der Waals surface area (Å²) in [7, 11) is 1.95. The number of piperidine rings is 1. The van der Waals surface area contributed by atoms with E-state index in [9.17, 15) is 28.4 Å². The summed E-state index contributed by atoms with van der Waals surface area (Å²) in [6.07, 6.45) is 1.90. The van der Waals surface area contributed by atoms with Crippen molar-refractivity contribution in [1.82, 2.24) is 44.3 Å². The SMILES string of the molecule is CC.CC(C)(C)OC=O.Cc1nn(C)c(C)c1-c1c(Cl)ccc2c(CCCOc3cccc4cc(F)ccc34)c(C)n(CCN3CCN(C(=O)Cn4c(C)nc5c(C(=O)NC6CCC(=O)NC6=O)cc(Br)cc54)CC3)c12. The van der Waals surface area contributed by atoms with Crippen LogP contribution in [0, 0.1) is 33.5 Å². The van der Waals surface area contributed by atoms with Crippen molar-refractivity contribution in [2.75, 3.05) is 39.3 Å². The first kappa shape index (κ1) is 57.1. The lowest BCUT2D eigenvalue weighted by Gasteiger charge is -2.35. The van der Waals surface area contributed by atoms with Crippen LogP contribution in [0.1, 0.15) is 92.7 Å². The number of fused-ring (bicyclic) bond motifs is 3. The number of hydrogen-bond acceptors (Lipinski definition) is 10. The number of halogens is 3. The summed E-state index contributed by atoms with van der Waals surface area (Å²) in [4.78, 5) is 70.0. The number of imidazole rings is 1. The first-order valence-corrected chi connectivity index (χ1v) is 26.9. The predicted octanol–water partition coefficient (Wildman–Crippen LogP) is 9.71. The van der Waals surface area contributed by atoms with Crippen molar-refractivity contribution >= 4 is 90.3 Å². The van der Waals surface area contributed by atoms with Gasteiger partial charge in [0.2, 0.25) is 17.7 Å². The van der Waals surface area contributed by atoms with E-state index in [1.807, 2.05) is 93.1 Å². The highest BCUT2D eigenvalue weighted by molar-refractivity contribution is 9.10. The molecule has 1 unspecified atom stereocenters. The maximum absolute atomic E-state index is 13.9. The number of imide groups is 1. The van der Waals surface area contributed by atoms with Gasteiger partial charge in [0.05, 0.1) is 33.9 Å². The van der Waals surface area contributed by atoms with Gasteiger partial charge in [0.15, 0.2) is 0 Å². The highest BCUT2D eigenvalue weighted by Gasteiger charge is 2.31. The number of carbonyl (C=O) groups excluding carboxylic acids is 5. The first-order chi connectivity index (χ1) is 36.2. The average molecular weight is 1130 g/mol. The van der Waals surface area contributed by atoms with Gasteiger partial charge in [-0.2, -0.15) is 5.10 Å². The average Bonchev–Trinajstić information content (AvgIpc) is 3.98. The number of ether oxygens (including phenoxy) is 2. The van der Waals surface area contributed by atoms with E-state index in [0.717, 1.165) is 69.3 Å². The largest absolute Gasteiger partial charge is 0.493 e. The van der Waals surface area contributed by atoms with Gasteiger partial charge in [-0.15, -0.1) is 0 Å². The van der Waals surface area contributed by atoms with E-state index in [2.05, 4.69) is 60.7 Å². The maximum atomic E-state index is 13.9. The second-order valence-corrected chi connectivity index (χ2v) is 21.2. The Kier molecular flexibility index (Phi) is 18.5. The third kappa shape index (κ3) is 12.8. The van der Waals surface area contributed by atoms with Crippen LogP contribution < -0.4 is 15.4 Å². The summed E-state index contributed by atoms with van der Waals surface area (Å²) in [5, 5.41) is 13.3. The number of carbonyl (C=O) groups is 5. The maximum Gasteiger partial charge on any atom is 0.293 e. The molecule has 4 aromatic carbocycles. The molecule has 7 aromatic rings. The van der Waals surface area contributed by atoms with Crippen LogP contribution in [0.4, 0.5) is 4.39 Å². The zero-order valence-electron chi connectivity index (χ0n) is 45.0. The Balaban J connectivity index is 0.000000864. The molecule has 76 heavy (non-hydrogen) atoms. The van der Waals surface area contributed by atoms with Crippen molar-refractivity contribution in [3.63, 3.8) is 0 Å². The van der Waals surface area contributed by atoms with E-state index in [4.69, 9.17) is 26.4 Å². The Morgan fingerprint density at radius 3 is 2.32 bits per heavy atom. The van der Waals surface area contributed by atoms with E-state index in [0.29, 0.717) is 72.2 Å². The lowest BCUT2D eigenvalue weighted by molar-refractivity contribution is -0.139. The quantitative estimate of drug-likeness (QED) is 0.0606. The summed E-state index contributed by atoms with van der Waals surface area (Å²) in [6, 6.07) is 17.2. The molecule has 3 aromatic heterocycles. The molecule has 2 fully saturated rings. The van der Waals surface area contributed by atoms with Crippen molar-refractivity contribution in [1.29, 1.82) is 0 Å². The van der Waals surface area contributed by atoms with Crippen LogP contribution >= 0.6 is 27.5 Å². The van der Waals surface area contributed by atoms with Gasteiger partial charge in [-0.3, -0.25) is 38.9 Å². The summed E-state index contributed by atoms with van der Waals surface area (Å²) in [5.74, 6) is -0.401. The van der Waals surface area contributed by atoms with Gasteiger partial charge in [0, 0.05) is 90.5 Å². The molecule has 2 aliphatic rings. The van der Waals surface area contributed by atoms with Gasteiger partial charge in [-0.25, -0.2) is 9.37 Å². The number of nitrogens with one attached hydrogen (secondary N) is 2. The van der Waals surface area contributed by atoms with Crippen LogP contribution in [-0.2, 0) is 50.5 Å². The Morgan fingerprint density at radius 2 is 1.66 bits per heavy atom. The van der Waals surface area contributed by atoms with Crippen LogP contribution in [-0.4, -0.2) is 115 Å². The van der Waals surface area contributed by atoms with Crippen molar-refractivity contribution in [2.24, 2.45) is 7.05 Å². The van der Waals surface area contributed by atoms with E-state index in [1.165, 1.54) is 23.4 Å². The van der Waals surface area contributed by atoms with Crippen LogP contribution in [0.25, 0.3) is 43.8 Å². The smallest absolute Gasteiger partial charge is 0.293 e. The molecule has 9 rings (SSSR count). The number of amides is 4. The summed E-state index contributed by atoms with van der Waals surface area (Å²) in [6.45, 7) is 22.5. The zero-order chi connectivity index (χ0) is 55.2. The Bertz CT molecular complexity index is 3320. The van der Waals surface area contributed by atoms with Gasteiger partial charge in [-0.1, -0.05) is 59.6 Å². The number of rotatable bonds is 14. The zero-order valence-corrected chi connectivity index (χ0v) is 47.4. The summed E-state index contributed by atoms with van der Waals surface area (Å²) < 4.78 is 31.5. The molecule has 0 bridgehead atoms. The summed E-state index contributed by atoms with van der Waals surface area (Å²) in [5.41, 5.74) is 8.42. The molecule has 0 aliphatic carbocycles. The predicted molar refractivity (Wildman–Crippen MR) is 298 cm³/mol. The van der Waals surface area contributed by atoms with E-state index in [-0.39, 0.29) is 48.2 Å². The molecule has 5 heterocycles. The van der Waals surface area contributed by atoms with Crippen molar-refractivity contribution < 1.29 is 37.8 Å². The van der Waals surface area contributed by atoms with Crippen molar-refractivity contribution in [3.8, 4) is 16.9 Å². The monoisotopic (exact) mass is 1120 g/mol. The van der Waals surface area contributed by atoms with Crippen molar-refractivity contribution in [2.45, 2.75) is 113 Å². The molecule has 0 saturated carbocycles. The van der Waals surface area contributed by atoms with Gasteiger partial charge >= 0.3 is 0 Å². The van der Waals surface area contributed by atoms with E-state index >= 15 is 0 Å². The first-order valence-electron chi connectivity index (χ1n) is 25.8. The van der Waals surface area contributed by atoms with Gasteiger partial charge < -0.3 is 28.8 Å². The molecule has 1 atom stereocenters. The number of benzene rings is 4. The normalized spacial score (nSPS) is 15.0. The standard InChI is InChI=1S/C50H52BrClFN9O5.C5H10O2.C2H6/c1-28-45(30(3)58(5)57-28)46-39(52)14-13-37-35(9-7-23-67-42-10-6-8-32-24-34(53)11-12-36(32)42)29(2)61(48(37)46)22-19-59-17-20-60(21-18-59)44(64)27-62-31(4)54-47-38(25-33(51)26-41(47)62)49(65)55-40-15-16-43(63)56-50(40)66;1-5(2,3)7-4-6;1-2/h6,8,10-14,24-26,40H,7,9,15-23,27H2,1-5H3,(H,55,65)(H,56,63,66);4H,1-3H3;1-2H3. The number of piperazine rings is 1. The minimum atomic E-state index is -0.836. The lowest BCUT2D eigenvalue weighted by atomic mass is 9.98. The second kappa shape index (κ2) is 24.6. The van der Waals surface area contributed by atoms with E-state index < -0.39 is 17.9 Å². The lowest BCUT2D eigenvalue weighted by Crippen LogP contribution is -2.52. The Labute approximate surface area is 456 Å². The highest BCUT2D eigenvalue weighted by atomic mass is 79.9. The van der Waals surface area contributed by atoms with Crippen LogP contribution in [0.5, 0.6) is 5.75 Å². The molecule has 2 N–H and O–H groups in total. The molecule has 0 spiro atoms. The molecule has 2 saturated heterocycles. The number of hydrogen-bond donors (Lipinski definition) is 2. The fourth-order valence-corrected chi connectivity index (χ4v) is 10.6. The third-order valence-electron chi connectivity index (χ3n) is 13.8. The van der Waals surface area contributed by atoms with Crippen LogP contribution in [0.3, 0.4) is 0 Å². The number of aryl methyl sites for hydroxylation is 4. The molecule has 0 radical (unpaired) electrons. The topological polar surface area (TPSA) is 175 Å².